The number of hydrogen-bond donors (Lipinski definition) is 0. The molecule has 0 unspecified atom stereocenters. The lowest BCUT2D eigenvalue weighted by molar-refractivity contribution is -0.139. The highest BCUT2D eigenvalue weighted by atomic mass is 16.5. The van der Waals surface area contributed by atoms with Gasteiger partial charge in [-0.2, -0.15) is 0 Å². The molecule has 1 aromatic carbocycles. The van der Waals surface area contributed by atoms with E-state index in [4.69, 9.17) is 9.47 Å². The fraction of sp³-hybridized carbons (Fsp3) is 0.600. The van der Waals surface area contributed by atoms with Gasteiger partial charge in [0.25, 0.3) is 0 Å². The molecule has 1 aromatic rings. The first-order valence-electron chi connectivity index (χ1n) is 9.26. The number of fused-ring (bicyclic) bond motifs is 1. The van der Waals surface area contributed by atoms with Gasteiger partial charge >= 0.3 is 0 Å². The van der Waals surface area contributed by atoms with E-state index in [2.05, 4.69) is 12.1 Å². The van der Waals surface area contributed by atoms with Crippen LogP contribution in [0.4, 0.5) is 0 Å². The van der Waals surface area contributed by atoms with Crippen LogP contribution in [0, 0.1) is 0 Å². The molecular formula is C20H28N2O4. The van der Waals surface area contributed by atoms with Gasteiger partial charge in [0.15, 0.2) is 0 Å². The van der Waals surface area contributed by atoms with E-state index in [-0.39, 0.29) is 29.8 Å². The highest BCUT2D eigenvalue weighted by molar-refractivity contribution is 5.78. The smallest absolute Gasteiger partial charge is 0.225 e. The third kappa shape index (κ3) is 3.56. The third-order valence-electron chi connectivity index (χ3n) is 5.65. The van der Waals surface area contributed by atoms with Gasteiger partial charge in [0.1, 0.15) is 5.75 Å². The lowest BCUT2D eigenvalue weighted by atomic mass is 9.86. The average Bonchev–Trinajstić information content (AvgIpc) is 3.06. The number of carbonyl (C=O) groups excluding carboxylic acids is 2. The normalized spacial score (nSPS) is 25.1. The van der Waals surface area contributed by atoms with Crippen molar-refractivity contribution in [2.24, 2.45) is 0 Å². The molecule has 0 aromatic heterocycles. The molecule has 0 spiro atoms. The minimum Gasteiger partial charge on any atom is -0.497 e. The molecule has 0 radical (unpaired) electrons. The van der Waals surface area contributed by atoms with E-state index < -0.39 is 0 Å². The Morgan fingerprint density at radius 2 is 1.88 bits per heavy atom. The summed E-state index contributed by atoms with van der Waals surface area (Å²) in [5.74, 6) is 1.14. The number of amides is 2. The predicted octanol–water partition coefficient (Wildman–Crippen LogP) is 2.04. The summed E-state index contributed by atoms with van der Waals surface area (Å²) in [5.41, 5.74) is 1.15. The lowest BCUT2D eigenvalue weighted by Crippen LogP contribution is -2.54. The van der Waals surface area contributed by atoms with Crippen LogP contribution in [0.3, 0.4) is 0 Å². The van der Waals surface area contributed by atoms with E-state index in [9.17, 15) is 9.59 Å². The first-order valence-corrected chi connectivity index (χ1v) is 9.26. The number of methoxy groups -OCH3 is 2. The van der Waals surface area contributed by atoms with Crippen molar-refractivity contribution in [3.63, 3.8) is 0 Å². The Hall–Kier alpha value is -2.08. The number of likely N-dealkylation sites (tertiary alicyclic amines) is 2. The van der Waals surface area contributed by atoms with Crippen molar-refractivity contribution in [1.82, 2.24) is 9.80 Å². The zero-order chi connectivity index (χ0) is 18.7. The molecule has 26 heavy (non-hydrogen) atoms. The molecule has 2 heterocycles. The maximum Gasteiger partial charge on any atom is 0.225 e. The number of rotatable bonds is 5. The fourth-order valence-corrected chi connectivity index (χ4v) is 4.42. The van der Waals surface area contributed by atoms with Crippen LogP contribution in [-0.4, -0.2) is 67.6 Å². The summed E-state index contributed by atoms with van der Waals surface area (Å²) in [6.45, 7) is 3.46. The number of piperidine rings is 1. The van der Waals surface area contributed by atoms with Gasteiger partial charge in [-0.25, -0.2) is 0 Å². The summed E-state index contributed by atoms with van der Waals surface area (Å²) in [7, 11) is 3.26. The molecule has 2 saturated heterocycles. The summed E-state index contributed by atoms with van der Waals surface area (Å²) >= 11 is 0. The Kier molecular flexibility index (Phi) is 5.81. The van der Waals surface area contributed by atoms with Crippen molar-refractivity contribution in [2.45, 2.75) is 44.2 Å². The van der Waals surface area contributed by atoms with E-state index in [1.54, 1.807) is 21.1 Å². The second-order valence-corrected chi connectivity index (χ2v) is 7.08. The lowest BCUT2D eigenvalue weighted by Gasteiger charge is -2.41. The van der Waals surface area contributed by atoms with Gasteiger partial charge in [-0.15, -0.1) is 0 Å². The zero-order valence-electron chi connectivity index (χ0n) is 15.8. The first-order chi connectivity index (χ1) is 12.6. The van der Waals surface area contributed by atoms with Crippen LogP contribution in [0.15, 0.2) is 24.3 Å². The van der Waals surface area contributed by atoms with E-state index in [1.807, 2.05) is 21.9 Å². The molecule has 6 heteroatoms. The average molecular weight is 360 g/mol. The van der Waals surface area contributed by atoms with Gasteiger partial charge in [0, 0.05) is 33.0 Å². The van der Waals surface area contributed by atoms with Crippen LogP contribution in [0.5, 0.6) is 5.75 Å². The molecule has 0 N–H and O–H groups in total. The number of nitrogens with zero attached hydrogens (tertiary/aromatic N) is 2. The van der Waals surface area contributed by atoms with Crippen molar-refractivity contribution >= 4 is 11.8 Å². The topological polar surface area (TPSA) is 59.1 Å². The molecule has 3 atom stereocenters. The van der Waals surface area contributed by atoms with Crippen molar-refractivity contribution < 1.29 is 19.1 Å². The second-order valence-electron chi connectivity index (χ2n) is 7.08. The highest BCUT2D eigenvalue weighted by Crippen LogP contribution is 2.40. The number of ether oxygens (including phenoxy) is 2. The van der Waals surface area contributed by atoms with Crippen LogP contribution in [0.2, 0.25) is 0 Å². The van der Waals surface area contributed by atoms with E-state index in [0.717, 1.165) is 30.7 Å². The van der Waals surface area contributed by atoms with E-state index in [1.165, 1.54) is 0 Å². The summed E-state index contributed by atoms with van der Waals surface area (Å²) < 4.78 is 10.3. The maximum absolute atomic E-state index is 12.8. The minimum absolute atomic E-state index is 0.0328. The largest absolute Gasteiger partial charge is 0.497 e. The quantitative estimate of drug-likeness (QED) is 0.806. The Morgan fingerprint density at radius 1 is 1.15 bits per heavy atom. The molecule has 2 aliphatic heterocycles. The van der Waals surface area contributed by atoms with Crippen molar-refractivity contribution in [3.8, 4) is 5.75 Å². The van der Waals surface area contributed by atoms with Gasteiger partial charge in [0.05, 0.1) is 32.2 Å². The maximum atomic E-state index is 12.8. The zero-order valence-corrected chi connectivity index (χ0v) is 15.8. The minimum atomic E-state index is 0.0328. The molecular weight excluding hydrogens is 332 g/mol. The van der Waals surface area contributed by atoms with Gasteiger partial charge in [0.2, 0.25) is 11.8 Å². The molecule has 6 nitrogen and oxygen atoms in total. The van der Waals surface area contributed by atoms with Crippen LogP contribution in [0.1, 0.15) is 37.7 Å². The molecule has 2 aliphatic rings. The van der Waals surface area contributed by atoms with Crippen LogP contribution in [-0.2, 0) is 14.3 Å². The Morgan fingerprint density at radius 3 is 2.50 bits per heavy atom. The summed E-state index contributed by atoms with van der Waals surface area (Å²) in [6.07, 6.45) is 2.26. The summed E-state index contributed by atoms with van der Waals surface area (Å²) in [6, 6.07) is 8.12. The van der Waals surface area contributed by atoms with Crippen molar-refractivity contribution in [1.29, 1.82) is 0 Å². The molecule has 0 aliphatic carbocycles. The number of benzene rings is 1. The van der Waals surface area contributed by atoms with Crippen LogP contribution in [0.25, 0.3) is 0 Å². The van der Waals surface area contributed by atoms with Crippen molar-refractivity contribution in [3.05, 3.63) is 29.8 Å². The molecule has 142 valence electrons. The van der Waals surface area contributed by atoms with Crippen molar-refractivity contribution in [2.75, 3.05) is 33.9 Å². The van der Waals surface area contributed by atoms with E-state index in [0.29, 0.717) is 19.6 Å². The fourth-order valence-electron chi connectivity index (χ4n) is 4.42. The van der Waals surface area contributed by atoms with Crippen LogP contribution >= 0.6 is 0 Å². The molecule has 2 amide bonds. The van der Waals surface area contributed by atoms with Gasteiger partial charge < -0.3 is 19.3 Å². The number of carbonyl (C=O) groups is 2. The van der Waals surface area contributed by atoms with Gasteiger partial charge in [-0.3, -0.25) is 9.59 Å². The monoisotopic (exact) mass is 360 g/mol. The molecule has 3 rings (SSSR count). The summed E-state index contributed by atoms with van der Waals surface area (Å²) in [4.78, 5) is 28.9. The van der Waals surface area contributed by atoms with Gasteiger partial charge in [-0.1, -0.05) is 12.1 Å². The SMILES string of the molecule is COCCC(=O)N1CCC[C@@H]2[C@H]1[C@@H](c1ccc(OC)cc1)CN2C(C)=O. The number of hydrogen-bond acceptors (Lipinski definition) is 4. The third-order valence-corrected chi connectivity index (χ3v) is 5.65. The molecule has 0 saturated carbocycles. The summed E-state index contributed by atoms with van der Waals surface area (Å²) in [5, 5.41) is 0. The molecule has 2 fully saturated rings. The molecule has 0 bridgehead atoms. The van der Waals surface area contributed by atoms with Gasteiger partial charge in [-0.05, 0) is 30.5 Å². The van der Waals surface area contributed by atoms with E-state index >= 15 is 0 Å². The Balaban J connectivity index is 1.90. The van der Waals surface area contributed by atoms with Crippen LogP contribution < -0.4 is 4.74 Å². The Bertz CT molecular complexity index is 646. The highest BCUT2D eigenvalue weighted by Gasteiger charge is 2.49. The standard InChI is InChI=1S/C20H28N2O4/c1-14(23)22-13-17(15-6-8-16(26-3)9-7-15)20-18(22)5-4-11-21(20)19(24)10-12-25-2/h6-9,17-18,20H,4-5,10-13H2,1-3H3/t17-,18-,20-/m1/s1. The Labute approximate surface area is 155 Å². The predicted molar refractivity (Wildman–Crippen MR) is 98.1 cm³/mol. The first kappa shape index (κ1) is 18.7. The second kappa shape index (κ2) is 8.08.